The fourth-order valence-corrected chi connectivity index (χ4v) is 13.5. The van der Waals surface area contributed by atoms with Crippen LogP contribution >= 0.6 is 0 Å². The lowest BCUT2D eigenvalue weighted by molar-refractivity contribution is 0.0601. The van der Waals surface area contributed by atoms with Gasteiger partial charge in [-0.25, -0.2) is 29.5 Å². The molecule has 14 aromatic rings. The molecule has 99 heavy (non-hydrogen) atoms. The molecule has 0 fully saturated rings. The maximum absolute atomic E-state index is 13.5. The Morgan fingerprint density at radius 3 is 1.10 bits per heavy atom. The molecule has 0 saturated heterocycles. The lowest BCUT2D eigenvalue weighted by Gasteiger charge is -2.38. The molecule has 6 heterocycles. The monoisotopic (exact) mass is 1310 g/mol. The summed E-state index contributed by atoms with van der Waals surface area (Å²) in [5.74, 6) is -0.164. The number of ether oxygens (including phenoxy) is 3. The molecule has 0 atom stereocenters. The Morgan fingerprint density at radius 2 is 0.788 bits per heavy atom. The Bertz CT molecular complexity index is 4990. The van der Waals surface area contributed by atoms with Crippen LogP contribution in [0.15, 0.2) is 243 Å². The Hall–Kier alpha value is -11.6. The molecule has 0 aliphatic carbocycles. The van der Waals surface area contributed by atoms with Crippen molar-refractivity contribution >= 4 is 56.1 Å². The predicted molar refractivity (Wildman–Crippen MR) is 388 cm³/mol. The minimum atomic E-state index is -1.10. The highest BCUT2D eigenvalue weighted by Gasteiger charge is 2.43. The molecule has 6 aromatic heterocycles. The van der Waals surface area contributed by atoms with Crippen LogP contribution in [0.1, 0.15) is 107 Å². The van der Waals surface area contributed by atoms with Crippen LogP contribution in [0.4, 0.5) is 0 Å². The molecule has 5 N–H and O–H groups in total. The van der Waals surface area contributed by atoms with Crippen LogP contribution in [0.3, 0.4) is 0 Å². The molecule has 0 spiro atoms. The van der Waals surface area contributed by atoms with Gasteiger partial charge in [-0.2, -0.15) is 10.2 Å². The number of esters is 1. The first-order valence-electron chi connectivity index (χ1n) is 33.1. The molecule has 0 aliphatic rings. The molecule has 8 aromatic carbocycles. The Kier molecular flexibility index (Phi) is 18.3. The second-order valence-corrected chi connectivity index (χ2v) is 26.3. The molecular formula is C81H78N12O6. The number of benzene rings is 8. The van der Waals surface area contributed by atoms with Crippen LogP contribution in [0.5, 0.6) is 11.5 Å². The summed E-state index contributed by atoms with van der Waals surface area (Å²) in [5.41, 5.74) is 21.8. The summed E-state index contributed by atoms with van der Waals surface area (Å²) in [6.07, 6.45) is 10.2. The number of carbonyl (C=O) groups is 2. The second kappa shape index (κ2) is 27.5. The Morgan fingerprint density at radius 1 is 0.465 bits per heavy atom. The molecule has 18 nitrogen and oxygen atoms in total. The Labute approximate surface area is 574 Å². The maximum atomic E-state index is 13.5. The third kappa shape index (κ3) is 12.9. The molecular weight excluding hydrogens is 1240 g/mol. The number of nitrogens with two attached hydrogens (primary N) is 2. The van der Waals surface area contributed by atoms with Crippen molar-refractivity contribution in [3.8, 4) is 34.3 Å². The van der Waals surface area contributed by atoms with Gasteiger partial charge in [0.1, 0.15) is 67.5 Å². The minimum Gasteiger partial charge on any atom is -0.494 e. The SMILES string of the molecule is COC(=O)c1cn(C(c2ccccc2)(c2ccccc2)c2ccccc2)c2ncc(-c3nn(C)c4ccc(OCCCC(C)(C)N)cc34)nc12.Cn1nc(-c2cnc3c(n2)c(C(=O)O)cn3C(c2ccccc2)(c2ccccc2)c2ccccc2)c2cc(OCCCC(C)(C)N)ccc21. The van der Waals surface area contributed by atoms with Crippen molar-refractivity contribution in [1.29, 1.82) is 0 Å². The normalized spacial score (nSPS) is 12.1. The first-order valence-corrected chi connectivity index (χ1v) is 33.1. The summed E-state index contributed by atoms with van der Waals surface area (Å²) in [6.45, 7) is 9.14. The van der Waals surface area contributed by atoms with Gasteiger partial charge in [-0.15, -0.1) is 0 Å². The van der Waals surface area contributed by atoms with E-state index in [1.165, 1.54) is 7.11 Å². The van der Waals surface area contributed by atoms with Crippen molar-refractivity contribution in [3.05, 3.63) is 288 Å². The zero-order valence-electron chi connectivity index (χ0n) is 56.5. The van der Waals surface area contributed by atoms with Crippen LogP contribution in [0.2, 0.25) is 0 Å². The smallest absolute Gasteiger partial charge is 0.341 e. The lowest BCUT2D eigenvalue weighted by atomic mass is 9.76. The van der Waals surface area contributed by atoms with Crippen LogP contribution in [-0.4, -0.2) is 97.1 Å². The number of hydrogen-bond donors (Lipinski definition) is 3. The minimum absolute atomic E-state index is 0.0450. The molecule has 14 rings (SSSR count). The largest absolute Gasteiger partial charge is 0.494 e. The van der Waals surface area contributed by atoms with Crippen LogP contribution < -0.4 is 20.9 Å². The first-order chi connectivity index (χ1) is 47.9. The van der Waals surface area contributed by atoms with Gasteiger partial charge in [0.2, 0.25) is 0 Å². The molecule has 0 saturated carbocycles. The molecule has 0 aliphatic heterocycles. The summed E-state index contributed by atoms with van der Waals surface area (Å²) < 4.78 is 25.1. The number of carboxylic acids is 1. The highest BCUT2D eigenvalue weighted by Crippen LogP contribution is 2.46. The van der Waals surface area contributed by atoms with E-state index in [-0.39, 0.29) is 22.2 Å². The average Bonchev–Trinajstić information content (AvgIpc) is 1.66. The standard InChI is InChI=1S/C41H40N6O3.C40H38N6O3/c1-40(2,42)23-14-24-50-31-21-22-35-32(25-31)36(45-46(35)3)34-26-43-38-37(44-34)33(39(48)49-4)27-47(38)41(28-15-8-5-9-16-28,29-17-10-6-11-18-29)30-19-12-7-13-20-30;1-39(2,41)22-13-23-49-30-20-21-34-31(24-30)35(44-45(34)3)33-25-42-37-36(43-33)32(38(47)48)26-46(37)40(27-14-7-4-8-15-27,28-16-9-5-10-17-28)29-18-11-6-12-19-29/h5-13,15-22,25-27H,14,23-24,42H2,1-4H3;4-12,14-21,24-26H,13,22-23,41H2,1-3H3,(H,47,48). The van der Waals surface area contributed by atoms with Gasteiger partial charge in [0, 0.05) is 48.3 Å². The van der Waals surface area contributed by atoms with E-state index in [0.717, 1.165) is 86.6 Å². The number of aryl methyl sites for hydroxylation is 2. The number of carboxylic acid groups (broad SMARTS) is 1. The number of rotatable bonds is 22. The zero-order valence-corrected chi connectivity index (χ0v) is 56.5. The van der Waals surface area contributed by atoms with Crippen molar-refractivity contribution in [2.24, 2.45) is 25.6 Å². The van der Waals surface area contributed by atoms with E-state index in [1.54, 1.807) is 23.3 Å². The van der Waals surface area contributed by atoms with Crippen molar-refractivity contribution in [1.82, 2.24) is 48.6 Å². The number of fused-ring (bicyclic) bond motifs is 4. The van der Waals surface area contributed by atoms with Gasteiger partial charge < -0.3 is 39.9 Å². The molecule has 0 radical (unpaired) electrons. The fourth-order valence-electron chi connectivity index (χ4n) is 13.5. The number of aromatic nitrogens is 10. The van der Waals surface area contributed by atoms with E-state index < -0.39 is 23.0 Å². The van der Waals surface area contributed by atoms with Gasteiger partial charge in [-0.1, -0.05) is 182 Å². The summed E-state index contributed by atoms with van der Waals surface area (Å²) in [4.78, 5) is 46.6. The van der Waals surface area contributed by atoms with Crippen molar-refractivity contribution in [3.63, 3.8) is 0 Å². The van der Waals surface area contributed by atoms with E-state index >= 15 is 0 Å². The first kappa shape index (κ1) is 66.0. The molecule has 0 amide bonds. The van der Waals surface area contributed by atoms with Gasteiger partial charge in [-0.05, 0) is 123 Å². The highest BCUT2D eigenvalue weighted by molar-refractivity contribution is 6.04. The lowest BCUT2D eigenvalue weighted by Crippen LogP contribution is -2.37. The summed E-state index contributed by atoms with van der Waals surface area (Å²) in [6, 6.07) is 72.7. The third-order valence-electron chi connectivity index (χ3n) is 18.1. The van der Waals surface area contributed by atoms with Crippen molar-refractivity contribution < 1.29 is 28.9 Å². The quantitative estimate of drug-likeness (QED) is 0.0326. The van der Waals surface area contributed by atoms with Crippen LogP contribution in [-0.2, 0) is 29.9 Å². The number of hydrogen-bond acceptors (Lipinski definition) is 13. The van der Waals surface area contributed by atoms with E-state index in [1.807, 2.05) is 203 Å². The summed E-state index contributed by atoms with van der Waals surface area (Å²) in [7, 11) is 5.14. The van der Waals surface area contributed by atoms with Gasteiger partial charge in [0.15, 0.2) is 11.3 Å². The summed E-state index contributed by atoms with van der Waals surface area (Å²) in [5, 5.41) is 21.9. The van der Waals surface area contributed by atoms with Gasteiger partial charge in [-0.3, -0.25) is 9.36 Å². The predicted octanol–water partition coefficient (Wildman–Crippen LogP) is 14.9. The van der Waals surface area contributed by atoms with E-state index in [4.69, 9.17) is 55.8 Å². The average molecular weight is 1320 g/mol. The Balaban J connectivity index is 0.000000178. The van der Waals surface area contributed by atoms with Gasteiger partial charge in [0.05, 0.1) is 43.8 Å². The number of aromatic carboxylic acids is 1. The maximum Gasteiger partial charge on any atom is 0.341 e. The van der Waals surface area contributed by atoms with E-state index in [9.17, 15) is 14.7 Å². The topological polar surface area (TPSA) is 231 Å². The zero-order chi connectivity index (χ0) is 69.1. The van der Waals surface area contributed by atoms with E-state index in [0.29, 0.717) is 64.1 Å². The van der Waals surface area contributed by atoms with Gasteiger partial charge >= 0.3 is 11.9 Å². The fraction of sp³-hybridized carbons (Fsp3) is 0.210. The van der Waals surface area contributed by atoms with Crippen molar-refractivity contribution in [2.75, 3.05) is 20.3 Å². The summed E-state index contributed by atoms with van der Waals surface area (Å²) >= 11 is 0. The van der Waals surface area contributed by atoms with Gasteiger partial charge in [0.25, 0.3) is 0 Å². The third-order valence-corrected chi connectivity index (χ3v) is 18.1. The molecule has 498 valence electrons. The second-order valence-electron chi connectivity index (χ2n) is 26.3. The van der Waals surface area contributed by atoms with Crippen LogP contribution in [0.25, 0.3) is 66.9 Å². The number of carbonyl (C=O) groups excluding carboxylic acids is 1. The molecule has 0 bridgehead atoms. The van der Waals surface area contributed by atoms with E-state index in [2.05, 4.69) is 77.4 Å². The van der Waals surface area contributed by atoms with Crippen molar-refractivity contribution in [2.45, 2.75) is 75.5 Å². The highest BCUT2D eigenvalue weighted by atomic mass is 16.5. The van der Waals surface area contributed by atoms with Crippen LogP contribution in [0, 0.1) is 0 Å². The number of nitrogens with zero attached hydrogens (tertiary/aromatic N) is 10. The molecule has 18 heteroatoms. The molecule has 0 unspecified atom stereocenters. The number of methoxy groups -OCH3 is 1.